The molecule has 1 aromatic heterocycles. The lowest BCUT2D eigenvalue weighted by molar-refractivity contribution is -0.144. The molecular weight excluding hydrogens is 673 g/mol. The van der Waals surface area contributed by atoms with Crippen LogP contribution >= 0.6 is 0 Å². The monoisotopic (exact) mass is 732 g/mol. The molecule has 7 aliphatic rings. The summed E-state index contributed by atoms with van der Waals surface area (Å²) in [6, 6.07) is 1.79. The number of hydrogen-bond acceptors (Lipinski definition) is 5. The van der Waals surface area contributed by atoms with Crippen LogP contribution in [-0.4, -0.2) is 50.3 Å². The van der Waals surface area contributed by atoms with Crippen molar-refractivity contribution in [3.05, 3.63) is 76.0 Å². The molecule has 54 heavy (non-hydrogen) atoms. The lowest BCUT2D eigenvalue weighted by Crippen LogP contribution is -2.62. The number of allylic oxidation sites excluding steroid dienone is 3. The van der Waals surface area contributed by atoms with Gasteiger partial charge in [-0.25, -0.2) is 0 Å². The number of aliphatic hydroxyl groups excluding tert-OH is 2. The average Bonchev–Trinajstić information content (AvgIpc) is 3.60. The first-order valence-electron chi connectivity index (χ1n) is 20.6. The Labute approximate surface area is 321 Å². The lowest BCUT2D eigenvalue weighted by atomic mass is 9.40. The molecule has 3 heterocycles. The Bertz CT molecular complexity index is 2140. The number of nitrogens with zero attached hydrogens (tertiary/aromatic N) is 1. The summed E-state index contributed by atoms with van der Waals surface area (Å²) >= 11 is 0. The highest BCUT2D eigenvalue weighted by Gasteiger charge is 2.67. The van der Waals surface area contributed by atoms with Gasteiger partial charge in [-0.05, 0) is 138 Å². The number of hydrogen-bond donors (Lipinski definition) is 3. The number of fused-ring (bicyclic) bond motifs is 11. The summed E-state index contributed by atoms with van der Waals surface area (Å²) in [6.45, 7) is 24.5. The maximum atomic E-state index is 14.9. The van der Waals surface area contributed by atoms with E-state index >= 15 is 0 Å². The van der Waals surface area contributed by atoms with Crippen LogP contribution in [-0.2, 0) is 21.4 Å². The zero-order valence-corrected chi connectivity index (χ0v) is 33.9. The fraction of sp³-hybridized carbons (Fsp3) is 0.617. The smallest absolute Gasteiger partial charge is 0.246 e. The number of carbonyl (C=O) groups excluding carboxylic acids is 2. The number of Topliss-reactive ketones (excluding diaryl/α,β-unsaturated/α-hetero) is 1. The zero-order valence-electron chi connectivity index (χ0n) is 33.9. The molecule has 3 fully saturated rings. The molecule has 9 rings (SSSR count). The minimum Gasteiger partial charge on any atom is -0.392 e. The van der Waals surface area contributed by atoms with Crippen molar-refractivity contribution in [1.82, 2.24) is 9.88 Å². The van der Waals surface area contributed by atoms with E-state index in [1.165, 1.54) is 24.1 Å². The van der Waals surface area contributed by atoms with E-state index in [1.54, 1.807) is 0 Å². The van der Waals surface area contributed by atoms with Crippen molar-refractivity contribution >= 4 is 28.2 Å². The molecule has 9 atom stereocenters. The summed E-state index contributed by atoms with van der Waals surface area (Å²) in [5.74, 6) is 0.960. The van der Waals surface area contributed by atoms with E-state index in [2.05, 4.69) is 83.1 Å². The van der Waals surface area contributed by atoms with Gasteiger partial charge in [0, 0.05) is 45.5 Å². The Balaban J connectivity index is 1.18. The second-order valence-corrected chi connectivity index (χ2v) is 20.2. The zero-order chi connectivity index (χ0) is 38.7. The van der Waals surface area contributed by atoms with Crippen LogP contribution in [0.1, 0.15) is 146 Å². The van der Waals surface area contributed by atoms with Crippen molar-refractivity contribution in [3.63, 3.8) is 0 Å². The number of amides is 1. The minimum absolute atomic E-state index is 0.0221. The molecule has 0 saturated heterocycles. The molecular formula is C47H60N2O5. The van der Waals surface area contributed by atoms with E-state index in [-0.39, 0.29) is 34.4 Å². The molecule has 1 aromatic carbocycles. The minimum atomic E-state index is -0.850. The number of benzene rings is 1. The van der Waals surface area contributed by atoms with E-state index in [0.29, 0.717) is 29.4 Å². The van der Waals surface area contributed by atoms with E-state index < -0.39 is 34.9 Å². The van der Waals surface area contributed by atoms with Crippen LogP contribution in [0.3, 0.4) is 0 Å². The van der Waals surface area contributed by atoms with Gasteiger partial charge in [-0.3, -0.25) is 9.59 Å². The van der Waals surface area contributed by atoms with Gasteiger partial charge in [0.05, 0.1) is 34.5 Å². The second kappa shape index (κ2) is 11.4. The molecule has 7 nitrogen and oxygen atoms in total. The third-order valence-corrected chi connectivity index (χ3v) is 16.0. The van der Waals surface area contributed by atoms with Crippen LogP contribution in [0.5, 0.6) is 0 Å². The van der Waals surface area contributed by atoms with Crippen molar-refractivity contribution in [2.45, 2.75) is 142 Å². The average molecular weight is 733 g/mol. The summed E-state index contributed by atoms with van der Waals surface area (Å²) in [5.41, 5.74) is 6.55. The maximum absolute atomic E-state index is 14.9. The van der Waals surface area contributed by atoms with Crippen LogP contribution in [0.4, 0.5) is 0 Å². The largest absolute Gasteiger partial charge is 0.392 e. The predicted molar refractivity (Wildman–Crippen MR) is 213 cm³/mol. The maximum Gasteiger partial charge on any atom is 0.246 e. The molecule has 3 saturated carbocycles. The van der Waals surface area contributed by atoms with Gasteiger partial charge in [0.25, 0.3) is 0 Å². The van der Waals surface area contributed by atoms with Crippen molar-refractivity contribution in [2.75, 3.05) is 6.54 Å². The highest BCUT2D eigenvalue weighted by atomic mass is 16.5. The predicted octanol–water partition coefficient (Wildman–Crippen LogP) is 8.62. The number of aliphatic hydroxyl groups is 2. The molecule has 2 aliphatic heterocycles. The van der Waals surface area contributed by atoms with E-state index in [0.717, 1.165) is 65.4 Å². The van der Waals surface area contributed by atoms with E-state index in [4.69, 9.17) is 4.74 Å². The fourth-order valence-electron chi connectivity index (χ4n) is 13.3. The van der Waals surface area contributed by atoms with Crippen LogP contribution in [0.25, 0.3) is 16.5 Å². The Hall–Kier alpha value is -3.26. The molecule has 1 amide bonds. The third kappa shape index (κ3) is 4.64. The quantitative estimate of drug-likeness (QED) is 0.157. The van der Waals surface area contributed by atoms with Crippen LogP contribution in [0.15, 0.2) is 48.1 Å². The third-order valence-electron chi connectivity index (χ3n) is 16.0. The molecule has 0 radical (unpaired) electrons. The molecule has 3 N–H and O–H groups in total. The van der Waals surface area contributed by atoms with Crippen molar-refractivity contribution in [3.8, 4) is 0 Å². The highest BCUT2D eigenvalue weighted by molar-refractivity contribution is 6.18. The molecule has 288 valence electrons. The van der Waals surface area contributed by atoms with Gasteiger partial charge in [-0.1, -0.05) is 51.2 Å². The molecule has 2 aromatic rings. The standard InChI is InChI=1S/C47H60N2O5/c1-24(2)37-40(52)35-34-28(31-22-43(4,5)54-44(6,7)36(31)39(34)51)21-29-30-20-27-15-16-32-45(8,18-11-12-25(3)42(53)48-23-26-13-14-26)33(50)17-19-46(32,9)47(27,10)41(30)49(37)38(29)35/h11-12,18,21-22,26-27,32-33,36-37,39,50-51H,1,13-17,19-20,23H2,2-10H3,(H,48,53)/b18-11+,25-12+/t27-,32-,33-,36+,37-,39+,45-,46-,47+/m0/s1. The molecule has 0 unspecified atom stereocenters. The second-order valence-electron chi connectivity index (χ2n) is 20.2. The van der Waals surface area contributed by atoms with Gasteiger partial charge in [-0.2, -0.15) is 0 Å². The van der Waals surface area contributed by atoms with Crippen LogP contribution in [0, 0.1) is 34.5 Å². The Morgan fingerprint density at radius 2 is 1.78 bits per heavy atom. The molecule has 7 heteroatoms. The van der Waals surface area contributed by atoms with Crippen molar-refractivity contribution in [1.29, 1.82) is 0 Å². The molecule has 0 spiro atoms. The lowest BCUT2D eigenvalue weighted by Gasteiger charge is -2.64. The number of rotatable bonds is 6. The first-order chi connectivity index (χ1) is 25.3. The summed E-state index contributed by atoms with van der Waals surface area (Å²) in [6.07, 6.45) is 13.9. The SMILES string of the molecule is C=C(C)[C@H]1C(=O)c2c3c(cc4c5c(n1c24)[C@@]1(C)[C@@H](CC[C@H]2[C@](C)(/C=C/C=C(\C)C(=O)NCC4CC4)[C@@H](O)CC[C@@]21C)C5)C1=CC(C)(C)OC(C)(C)[C@H]1[C@@H]3O. The first-order valence-corrected chi connectivity index (χ1v) is 20.6. The number of carbonyl (C=O) groups is 2. The summed E-state index contributed by atoms with van der Waals surface area (Å²) < 4.78 is 8.92. The van der Waals surface area contributed by atoms with Gasteiger partial charge >= 0.3 is 0 Å². The number of nitrogens with one attached hydrogen (secondary N) is 1. The number of ether oxygens (including phenoxy) is 1. The Morgan fingerprint density at radius 1 is 1.06 bits per heavy atom. The van der Waals surface area contributed by atoms with Gasteiger partial charge in [0.1, 0.15) is 6.04 Å². The van der Waals surface area contributed by atoms with Crippen LogP contribution < -0.4 is 5.32 Å². The molecule has 5 aliphatic carbocycles. The van der Waals surface area contributed by atoms with Crippen molar-refractivity contribution < 1.29 is 24.5 Å². The number of ketones is 1. The summed E-state index contributed by atoms with van der Waals surface area (Å²) in [7, 11) is 0. The van der Waals surface area contributed by atoms with Gasteiger partial charge in [0.15, 0.2) is 5.78 Å². The topological polar surface area (TPSA) is 101 Å². The number of aromatic nitrogens is 1. The van der Waals surface area contributed by atoms with Gasteiger partial charge in [0.2, 0.25) is 5.91 Å². The Kier molecular flexibility index (Phi) is 7.69. The molecule has 0 bridgehead atoms. The normalized spacial score (nSPS) is 38.5. The van der Waals surface area contributed by atoms with E-state index in [1.807, 2.05) is 26.0 Å². The summed E-state index contributed by atoms with van der Waals surface area (Å²) in [4.78, 5) is 27.7. The Morgan fingerprint density at radius 3 is 2.46 bits per heavy atom. The first kappa shape index (κ1) is 36.4. The van der Waals surface area contributed by atoms with Gasteiger partial charge in [-0.15, -0.1) is 0 Å². The van der Waals surface area contributed by atoms with Crippen molar-refractivity contribution in [2.24, 2.45) is 34.5 Å². The summed E-state index contributed by atoms with van der Waals surface area (Å²) in [5, 5.41) is 28.3. The van der Waals surface area contributed by atoms with Crippen LogP contribution in [0.2, 0.25) is 0 Å². The fourth-order valence-corrected chi connectivity index (χ4v) is 13.3. The van der Waals surface area contributed by atoms with Gasteiger partial charge < -0.3 is 24.8 Å². The van der Waals surface area contributed by atoms with E-state index in [9.17, 15) is 19.8 Å². The highest BCUT2D eigenvalue weighted by Crippen LogP contribution is 2.71.